The van der Waals surface area contributed by atoms with Gasteiger partial charge >= 0.3 is 0 Å². The van der Waals surface area contributed by atoms with Gasteiger partial charge in [-0.2, -0.15) is 0 Å². The zero-order chi connectivity index (χ0) is 25.4. The van der Waals surface area contributed by atoms with Crippen LogP contribution in [0.3, 0.4) is 0 Å². The molecule has 0 bridgehead atoms. The summed E-state index contributed by atoms with van der Waals surface area (Å²) in [6.45, 7) is 4.73. The van der Waals surface area contributed by atoms with E-state index in [2.05, 4.69) is 152 Å². The van der Waals surface area contributed by atoms with Crippen LogP contribution in [0.4, 0.5) is 11.4 Å². The molecule has 3 aromatic rings. The maximum Gasteiger partial charge on any atom is 0.281 e. The van der Waals surface area contributed by atoms with Gasteiger partial charge in [-0.05, 0) is 59.7 Å². The van der Waals surface area contributed by atoms with Crippen LogP contribution in [0, 0.1) is 5.41 Å². The van der Waals surface area contributed by atoms with Crippen LogP contribution in [-0.4, -0.2) is 18.7 Å². The molecule has 5 rings (SSSR count). The molecule has 0 N–H and O–H groups in total. The van der Waals surface area contributed by atoms with Crippen LogP contribution < -0.4 is 14.4 Å². The Labute approximate surface area is 215 Å². The Morgan fingerprint density at radius 2 is 1.44 bits per heavy atom. The minimum Gasteiger partial charge on any atom is -0.329 e. The molecule has 2 aromatic carbocycles. The van der Waals surface area contributed by atoms with Crippen molar-refractivity contribution in [3.05, 3.63) is 108 Å². The van der Waals surface area contributed by atoms with Crippen molar-refractivity contribution in [1.82, 2.24) is 4.57 Å². The molecular weight excluding hydrogens is 440 g/mol. The summed E-state index contributed by atoms with van der Waals surface area (Å²) in [5.74, 6) is 2.37. The number of benzene rings is 2. The van der Waals surface area contributed by atoms with Crippen molar-refractivity contribution in [2.75, 3.05) is 23.9 Å². The van der Waals surface area contributed by atoms with Crippen LogP contribution in [0.1, 0.15) is 32.5 Å². The standard InChI is InChI=1S/C32H37N4/c1-32(2)22-24(13-11-19-30-33(3)26-15-7-8-16-27(26)34(30)4)21-25(23-32)14-12-20-31-35(5)28-17-9-10-18-29(28)36(31)6/h7-21H,22-23H2,1-6H3/q+1. The van der Waals surface area contributed by atoms with E-state index >= 15 is 0 Å². The number of rotatable bonds is 4. The van der Waals surface area contributed by atoms with Crippen molar-refractivity contribution < 1.29 is 4.57 Å². The van der Waals surface area contributed by atoms with Crippen LogP contribution >= 0.6 is 0 Å². The van der Waals surface area contributed by atoms with E-state index in [1.54, 1.807) is 0 Å². The van der Waals surface area contributed by atoms with Crippen molar-refractivity contribution in [3.63, 3.8) is 0 Å². The van der Waals surface area contributed by atoms with Gasteiger partial charge in [0.15, 0.2) is 11.0 Å². The zero-order valence-corrected chi connectivity index (χ0v) is 22.4. The van der Waals surface area contributed by atoms with Crippen molar-refractivity contribution in [2.45, 2.75) is 26.7 Å². The summed E-state index contributed by atoms with van der Waals surface area (Å²) < 4.78 is 4.50. The normalized spacial score (nSPS) is 18.7. The third-order valence-corrected chi connectivity index (χ3v) is 7.43. The molecule has 0 spiro atoms. The summed E-state index contributed by atoms with van der Waals surface area (Å²) >= 11 is 0. The summed E-state index contributed by atoms with van der Waals surface area (Å²) in [6.07, 6.45) is 17.9. The van der Waals surface area contributed by atoms with E-state index in [0.29, 0.717) is 0 Å². The smallest absolute Gasteiger partial charge is 0.281 e. The molecule has 4 heteroatoms. The number of anilines is 2. The summed E-state index contributed by atoms with van der Waals surface area (Å²) in [7, 11) is 8.53. The monoisotopic (exact) mass is 477 g/mol. The zero-order valence-electron chi connectivity index (χ0n) is 22.4. The molecule has 1 aliphatic heterocycles. The highest BCUT2D eigenvalue weighted by molar-refractivity contribution is 5.82. The molecule has 0 saturated heterocycles. The van der Waals surface area contributed by atoms with E-state index in [4.69, 9.17) is 0 Å². The Balaban J connectivity index is 1.37. The first-order valence-corrected chi connectivity index (χ1v) is 12.7. The second kappa shape index (κ2) is 9.34. The molecule has 0 atom stereocenters. The molecule has 2 heterocycles. The van der Waals surface area contributed by atoms with Gasteiger partial charge in [-0.3, -0.25) is 0 Å². The Bertz CT molecular complexity index is 1390. The molecule has 36 heavy (non-hydrogen) atoms. The number of para-hydroxylation sites is 4. The van der Waals surface area contributed by atoms with E-state index < -0.39 is 0 Å². The summed E-state index contributed by atoms with van der Waals surface area (Å²) in [4.78, 5) is 4.50. The van der Waals surface area contributed by atoms with E-state index in [9.17, 15) is 0 Å². The summed E-state index contributed by atoms with van der Waals surface area (Å²) in [6, 6.07) is 17.1. The first kappa shape index (κ1) is 23.9. The lowest BCUT2D eigenvalue weighted by Crippen LogP contribution is -2.30. The molecular formula is C32H37N4+. The quantitative estimate of drug-likeness (QED) is 0.390. The predicted molar refractivity (Wildman–Crippen MR) is 153 cm³/mol. The van der Waals surface area contributed by atoms with Gasteiger partial charge in [-0.1, -0.05) is 68.5 Å². The average Bonchev–Trinajstić information content (AvgIpc) is 3.24. The second-order valence-corrected chi connectivity index (χ2v) is 10.8. The average molecular weight is 478 g/mol. The largest absolute Gasteiger partial charge is 0.329 e. The third-order valence-electron chi connectivity index (χ3n) is 7.43. The number of aromatic nitrogens is 2. The number of hydrogen-bond acceptors (Lipinski definition) is 2. The van der Waals surface area contributed by atoms with E-state index in [1.165, 1.54) is 45.2 Å². The number of fused-ring (bicyclic) bond motifs is 2. The van der Waals surface area contributed by atoms with Crippen molar-refractivity contribution in [3.8, 4) is 0 Å². The highest BCUT2D eigenvalue weighted by Gasteiger charge is 2.26. The second-order valence-electron chi connectivity index (χ2n) is 10.8. The highest BCUT2D eigenvalue weighted by atomic mass is 15.4. The Hall–Kier alpha value is -3.79. The maximum atomic E-state index is 2.36. The molecule has 0 saturated carbocycles. The third kappa shape index (κ3) is 4.44. The number of imidazole rings is 1. The fourth-order valence-electron chi connectivity index (χ4n) is 5.69. The minimum atomic E-state index is 0.239. The lowest BCUT2D eigenvalue weighted by atomic mass is 9.75. The topological polar surface area (TPSA) is 15.3 Å². The fourth-order valence-corrected chi connectivity index (χ4v) is 5.69. The summed E-state index contributed by atoms with van der Waals surface area (Å²) in [5.41, 5.74) is 7.96. The van der Waals surface area contributed by atoms with Gasteiger partial charge in [-0.15, -0.1) is 0 Å². The Morgan fingerprint density at radius 1 is 0.806 bits per heavy atom. The molecule has 2 aliphatic rings. The van der Waals surface area contributed by atoms with E-state index in [0.717, 1.165) is 12.8 Å². The number of hydrogen-bond donors (Lipinski definition) is 0. The molecule has 0 amide bonds. The number of allylic oxidation sites excluding steroid dienone is 8. The molecule has 4 nitrogen and oxygen atoms in total. The fraction of sp³-hybridized carbons (Fsp3) is 0.281. The van der Waals surface area contributed by atoms with Gasteiger partial charge < -0.3 is 9.80 Å². The highest BCUT2D eigenvalue weighted by Crippen LogP contribution is 2.40. The molecule has 0 unspecified atom stereocenters. The molecule has 0 fully saturated rings. The van der Waals surface area contributed by atoms with Crippen LogP contribution in [0.2, 0.25) is 0 Å². The van der Waals surface area contributed by atoms with Crippen LogP contribution in [-0.2, 0) is 14.1 Å². The van der Waals surface area contributed by atoms with Crippen LogP contribution in [0.5, 0.6) is 0 Å². The molecule has 184 valence electrons. The van der Waals surface area contributed by atoms with E-state index in [1.807, 2.05) is 0 Å². The van der Waals surface area contributed by atoms with E-state index in [-0.39, 0.29) is 5.41 Å². The van der Waals surface area contributed by atoms with Crippen molar-refractivity contribution in [2.24, 2.45) is 19.5 Å². The van der Waals surface area contributed by atoms with Gasteiger partial charge in [0, 0.05) is 20.2 Å². The van der Waals surface area contributed by atoms with Gasteiger partial charge in [0.1, 0.15) is 5.82 Å². The molecule has 1 aliphatic carbocycles. The number of aryl methyl sites for hydroxylation is 2. The van der Waals surface area contributed by atoms with Crippen molar-refractivity contribution >= 4 is 28.5 Å². The SMILES string of the molecule is CN1C(=CC=CC2=CC(=CC=Cc3n(C)c4ccccc4[n+]3C)CC(C)(C)C2)N(C)c2ccccc21. The van der Waals surface area contributed by atoms with Crippen molar-refractivity contribution in [1.29, 1.82) is 0 Å². The van der Waals surface area contributed by atoms with Gasteiger partial charge in [0.2, 0.25) is 0 Å². The van der Waals surface area contributed by atoms with Gasteiger partial charge in [0.25, 0.3) is 5.82 Å². The Kier molecular flexibility index (Phi) is 6.21. The first-order valence-electron chi connectivity index (χ1n) is 12.7. The lowest BCUT2D eigenvalue weighted by molar-refractivity contribution is -0.647. The minimum absolute atomic E-state index is 0.239. The van der Waals surface area contributed by atoms with Gasteiger partial charge in [0.05, 0.1) is 25.5 Å². The predicted octanol–water partition coefficient (Wildman–Crippen LogP) is 6.67. The Morgan fingerprint density at radius 3 is 2.14 bits per heavy atom. The lowest BCUT2D eigenvalue weighted by Gasteiger charge is -2.30. The van der Waals surface area contributed by atoms with Crippen LogP contribution in [0.15, 0.2) is 102 Å². The summed E-state index contributed by atoms with van der Waals surface area (Å²) in [5, 5.41) is 0. The maximum absolute atomic E-state index is 2.36. The van der Waals surface area contributed by atoms with Crippen LogP contribution in [0.25, 0.3) is 17.1 Å². The molecule has 0 radical (unpaired) electrons. The van der Waals surface area contributed by atoms with Gasteiger partial charge in [-0.25, -0.2) is 9.13 Å². The molecule has 1 aromatic heterocycles. The number of nitrogens with zero attached hydrogens (tertiary/aromatic N) is 4. The first-order chi connectivity index (χ1) is 17.2.